The summed E-state index contributed by atoms with van der Waals surface area (Å²) in [5.74, 6) is 0.624. The van der Waals surface area contributed by atoms with Crippen molar-refractivity contribution in [2.24, 2.45) is 17.8 Å². The molecule has 5 nitrogen and oxygen atoms in total. The molecule has 1 saturated heterocycles. The summed E-state index contributed by atoms with van der Waals surface area (Å²) in [4.78, 5) is 24.7. The Morgan fingerprint density at radius 3 is 2.65 bits per heavy atom. The minimum absolute atomic E-state index is 0.00991. The van der Waals surface area contributed by atoms with Crippen LogP contribution in [0.15, 0.2) is 0 Å². The van der Waals surface area contributed by atoms with Gasteiger partial charge in [-0.05, 0) is 43.4 Å². The van der Waals surface area contributed by atoms with Gasteiger partial charge < -0.3 is 15.3 Å². The molecule has 5 heteroatoms. The number of nitrogens with one attached hydrogen (secondary N) is 1. The lowest BCUT2D eigenvalue weighted by Gasteiger charge is -2.34. The lowest BCUT2D eigenvalue weighted by Crippen LogP contribution is -2.48. The third-order valence-electron chi connectivity index (χ3n) is 4.78. The fourth-order valence-corrected chi connectivity index (χ4v) is 3.56. The number of carboxylic acids is 1. The highest BCUT2D eigenvalue weighted by molar-refractivity contribution is 5.75. The number of carboxylic acid groups (broad SMARTS) is 1. The van der Waals surface area contributed by atoms with Gasteiger partial charge in [-0.2, -0.15) is 0 Å². The van der Waals surface area contributed by atoms with E-state index in [0.717, 1.165) is 18.8 Å². The maximum absolute atomic E-state index is 12.2. The van der Waals surface area contributed by atoms with Crippen molar-refractivity contribution in [3.63, 3.8) is 0 Å². The molecule has 4 unspecified atom stereocenters. The highest BCUT2D eigenvalue weighted by Crippen LogP contribution is 2.29. The molecular weight excluding hydrogens is 256 g/mol. The molecule has 0 aromatic heterocycles. The minimum atomic E-state index is -0.771. The van der Waals surface area contributed by atoms with Crippen molar-refractivity contribution >= 4 is 12.0 Å². The highest BCUT2D eigenvalue weighted by atomic mass is 16.4. The second-order valence-electron chi connectivity index (χ2n) is 6.65. The summed E-state index contributed by atoms with van der Waals surface area (Å²) >= 11 is 0. The van der Waals surface area contributed by atoms with E-state index in [0.29, 0.717) is 19.0 Å². The van der Waals surface area contributed by atoms with E-state index >= 15 is 0 Å². The van der Waals surface area contributed by atoms with Gasteiger partial charge in [0.05, 0.1) is 0 Å². The molecule has 4 atom stereocenters. The average Bonchev–Trinajstić information content (AvgIpc) is 2.80. The number of likely N-dealkylation sites (tertiary alicyclic amines) is 1. The van der Waals surface area contributed by atoms with Crippen LogP contribution in [0.4, 0.5) is 4.79 Å². The van der Waals surface area contributed by atoms with Gasteiger partial charge in [-0.3, -0.25) is 4.79 Å². The van der Waals surface area contributed by atoms with Gasteiger partial charge in [-0.1, -0.05) is 13.8 Å². The molecule has 2 aliphatic rings. The molecule has 0 aromatic carbocycles. The van der Waals surface area contributed by atoms with Crippen LogP contribution in [0.2, 0.25) is 0 Å². The van der Waals surface area contributed by atoms with Gasteiger partial charge in [0, 0.05) is 25.6 Å². The van der Waals surface area contributed by atoms with Gasteiger partial charge in [0.25, 0.3) is 0 Å². The summed E-state index contributed by atoms with van der Waals surface area (Å²) in [7, 11) is 0. The Kier molecular flexibility index (Phi) is 4.89. The molecule has 0 spiro atoms. The topological polar surface area (TPSA) is 69.6 Å². The Morgan fingerprint density at radius 2 is 2.00 bits per heavy atom. The Bertz CT molecular complexity index is 372. The van der Waals surface area contributed by atoms with Crippen LogP contribution < -0.4 is 5.32 Å². The van der Waals surface area contributed by atoms with Crippen molar-refractivity contribution in [3.05, 3.63) is 0 Å². The van der Waals surface area contributed by atoms with Crippen LogP contribution in [0.1, 0.15) is 46.0 Å². The van der Waals surface area contributed by atoms with Crippen LogP contribution in [0, 0.1) is 17.8 Å². The Labute approximate surface area is 120 Å². The summed E-state index contributed by atoms with van der Waals surface area (Å²) in [6, 6.07) is 0.265. The standard InChI is InChI=1S/C15H26N2O3/c1-10-3-4-13(11(2)7-10)16-15(20)17-6-5-12(9-17)8-14(18)19/h10-13H,3-9H2,1-2H3,(H,16,20)(H,18,19). The predicted molar refractivity (Wildman–Crippen MR) is 76.4 cm³/mol. The zero-order chi connectivity index (χ0) is 14.7. The van der Waals surface area contributed by atoms with E-state index in [-0.39, 0.29) is 24.4 Å². The number of carbonyl (C=O) groups excluding carboxylic acids is 1. The molecule has 0 radical (unpaired) electrons. The molecule has 1 saturated carbocycles. The quantitative estimate of drug-likeness (QED) is 0.834. The molecular formula is C15H26N2O3. The third kappa shape index (κ3) is 3.87. The highest BCUT2D eigenvalue weighted by Gasteiger charge is 2.31. The van der Waals surface area contributed by atoms with Crippen molar-refractivity contribution in [1.82, 2.24) is 10.2 Å². The monoisotopic (exact) mass is 282 g/mol. The van der Waals surface area contributed by atoms with Crippen molar-refractivity contribution in [2.45, 2.75) is 52.0 Å². The summed E-state index contributed by atoms with van der Waals surface area (Å²) in [6.07, 6.45) is 4.38. The normalized spacial score (nSPS) is 34.0. The first kappa shape index (κ1) is 15.1. The second kappa shape index (κ2) is 6.46. The first-order valence-corrected chi connectivity index (χ1v) is 7.73. The summed E-state index contributed by atoms with van der Waals surface area (Å²) < 4.78 is 0. The van der Waals surface area contributed by atoms with Crippen LogP contribution in [-0.4, -0.2) is 41.1 Å². The first-order valence-electron chi connectivity index (χ1n) is 7.73. The van der Waals surface area contributed by atoms with Gasteiger partial charge in [0.1, 0.15) is 0 Å². The van der Waals surface area contributed by atoms with Gasteiger partial charge in [-0.15, -0.1) is 0 Å². The number of rotatable bonds is 3. The minimum Gasteiger partial charge on any atom is -0.481 e. The van der Waals surface area contributed by atoms with E-state index in [4.69, 9.17) is 5.11 Å². The van der Waals surface area contributed by atoms with Gasteiger partial charge >= 0.3 is 12.0 Å². The number of amides is 2. The number of aliphatic carboxylic acids is 1. The van der Waals surface area contributed by atoms with Crippen molar-refractivity contribution in [2.75, 3.05) is 13.1 Å². The number of hydrogen-bond donors (Lipinski definition) is 2. The molecule has 1 heterocycles. The van der Waals surface area contributed by atoms with E-state index in [1.54, 1.807) is 4.90 Å². The van der Waals surface area contributed by atoms with E-state index in [9.17, 15) is 9.59 Å². The van der Waals surface area contributed by atoms with Gasteiger partial charge in [-0.25, -0.2) is 4.79 Å². The largest absolute Gasteiger partial charge is 0.481 e. The molecule has 0 bridgehead atoms. The molecule has 2 N–H and O–H groups in total. The van der Waals surface area contributed by atoms with Gasteiger partial charge in [0.2, 0.25) is 0 Å². The molecule has 114 valence electrons. The Hall–Kier alpha value is -1.26. The number of urea groups is 1. The van der Waals surface area contributed by atoms with E-state index < -0.39 is 5.97 Å². The van der Waals surface area contributed by atoms with Crippen LogP contribution in [0.3, 0.4) is 0 Å². The molecule has 1 aliphatic heterocycles. The molecule has 1 aliphatic carbocycles. The number of hydrogen-bond acceptors (Lipinski definition) is 2. The van der Waals surface area contributed by atoms with E-state index in [2.05, 4.69) is 19.2 Å². The second-order valence-corrected chi connectivity index (χ2v) is 6.65. The van der Waals surface area contributed by atoms with Crippen molar-refractivity contribution in [1.29, 1.82) is 0 Å². The molecule has 2 fully saturated rings. The molecule has 0 aromatic rings. The Balaban J connectivity index is 1.79. The predicted octanol–water partition coefficient (Wildman–Crippen LogP) is 2.32. The molecule has 2 rings (SSSR count). The lowest BCUT2D eigenvalue weighted by molar-refractivity contribution is -0.138. The smallest absolute Gasteiger partial charge is 0.317 e. The maximum atomic E-state index is 12.2. The van der Waals surface area contributed by atoms with Gasteiger partial charge in [0.15, 0.2) is 0 Å². The average molecular weight is 282 g/mol. The first-order chi connectivity index (χ1) is 9.45. The van der Waals surface area contributed by atoms with Crippen molar-refractivity contribution in [3.8, 4) is 0 Å². The molecule has 20 heavy (non-hydrogen) atoms. The van der Waals surface area contributed by atoms with Crippen LogP contribution >= 0.6 is 0 Å². The summed E-state index contributed by atoms with van der Waals surface area (Å²) in [5.41, 5.74) is 0. The molecule has 2 amide bonds. The fraction of sp³-hybridized carbons (Fsp3) is 0.867. The van der Waals surface area contributed by atoms with Crippen molar-refractivity contribution < 1.29 is 14.7 Å². The number of carbonyl (C=O) groups is 2. The van der Waals surface area contributed by atoms with Crippen LogP contribution in [0.25, 0.3) is 0 Å². The zero-order valence-electron chi connectivity index (χ0n) is 12.5. The lowest BCUT2D eigenvalue weighted by atomic mass is 9.80. The van der Waals surface area contributed by atoms with E-state index in [1.807, 2.05) is 0 Å². The van der Waals surface area contributed by atoms with Crippen LogP contribution in [0.5, 0.6) is 0 Å². The Morgan fingerprint density at radius 1 is 1.25 bits per heavy atom. The van der Waals surface area contributed by atoms with E-state index in [1.165, 1.54) is 12.8 Å². The fourth-order valence-electron chi connectivity index (χ4n) is 3.56. The maximum Gasteiger partial charge on any atom is 0.317 e. The third-order valence-corrected chi connectivity index (χ3v) is 4.78. The number of nitrogens with zero attached hydrogens (tertiary/aromatic N) is 1. The summed E-state index contributed by atoms with van der Waals surface area (Å²) in [6.45, 7) is 5.74. The van der Waals surface area contributed by atoms with Crippen LogP contribution in [-0.2, 0) is 4.79 Å². The summed E-state index contributed by atoms with van der Waals surface area (Å²) in [5, 5.41) is 11.9. The zero-order valence-corrected chi connectivity index (χ0v) is 12.5. The SMILES string of the molecule is CC1CCC(NC(=O)N2CCC(CC(=O)O)C2)C(C)C1.